The number of hydrogen-bond donors (Lipinski definition) is 0. The topological polar surface area (TPSA) is 17.1 Å². The lowest BCUT2D eigenvalue weighted by molar-refractivity contribution is 0.0821. The zero-order valence-electron chi connectivity index (χ0n) is 8.13. The van der Waals surface area contributed by atoms with Crippen LogP contribution in [0, 0.1) is 0 Å². The monoisotopic (exact) mass is 174 g/mol. The van der Waals surface area contributed by atoms with Crippen LogP contribution >= 0.6 is 0 Å². The molecule has 1 aromatic carbocycles. The van der Waals surface area contributed by atoms with Crippen molar-refractivity contribution in [3.05, 3.63) is 35.4 Å². The number of carbonyl (C=O) groups excluding carboxylic acids is 1. The average Bonchev–Trinajstić information content (AvgIpc) is 2.20. The number of ketones is 1. The summed E-state index contributed by atoms with van der Waals surface area (Å²) in [5, 5.41) is 0. The summed E-state index contributed by atoms with van der Waals surface area (Å²) in [4.78, 5) is 11.8. The fourth-order valence-electron chi connectivity index (χ4n) is 2.37. The van der Waals surface area contributed by atoms with E-state index in [1.165, 1.54) is 5.56 Å². The van der Waals surface area contributed by atoms with E-state index in [-0.39, 0.29) is 5.41 Å². The molecule has 0 aromatic heterocycles. The van der Waals surface area contributed by atoms with Crippen LogP contribution in [0.15, 0.2) is 24.3 Å². The molecular weight excluding hydrogens is 160 g/mol. The second-order valence-electron chi connectivity index (χ2n) is 3.66. The van der Waals surface area contributed by atoms with Gasteiger partial charge in [-0.25, -0.2) is 0 Å². The van der Waals surface area contributed by atoms with Crippen LogP contribution in [0.1, 0.15) is 42.6 Å². The van der Waals surface area contributed by atoms with Crippen LogP contribution < -0.4 is 0 Å². The molecule has 0 saturated carbocycles. The van der Waals surface area contributed by atoms with Gasteiger partial charge in [-0.15, -0.1) is 0 Å². The number of benzene rings is 1. The Morgan fingerprint density at radius 1 is 1.15 bits per heavy atom. The molecule has 1 heteroatoms. The fourth-order valence-corrected chi connectivity index (χ4v) is 2.37. The number of Topliss-reactive ketones (excluding diaryl/α,β-unsaturated/α-hetero) is 1. The molecule has 1 nitrogen and oxygen atoms in total. The molecule has 0 radical (unpaired) electrons. The second kappa shape index (κ2) is 2.69. The van der Waals surface area contributed by atoms with E-state index < -0.39 is 0 Å². The minimum absolute atomic E-state index is 0.142. The van der Waals surface area contributed by atoms with Gasteiger partial charge >= 0.3 is 0 Å². The van der Waals surface area contributed by atoms with Gasteiger partial charge in [-0.2, -0.15) is 0 Å². The van der Waals surface area contributed by atoms with Crippen molar-refractivity contribution >= 4 is 5.78 Å². The van der Waals surface area contributed by atoms with Gasteiger partial charge in [0.05, 0.1) is 5.41 Å². The molecular formula is C12H14O. The molecule has 0 N–H and O–H groups in total. The van der Waals surface area contributed by atoms with Crippen LogP contribution in [0.25, 0.3) is 0 Å². The third-order valence-electron chi connectivity index (χ3n) is 3.33. The van der Waals surface area contributed by atoms with Crippen molar-refractivity contribution in [3.63, 3.8) is 0 Å². The largest absolute Gasteiger partial charge is 0.293 e. The molecule has 0 spiro atoms. The third-order valence-corrected chi connectivity index (χ3v) is 3.33. The molecule has 0 saturated heterocycles. The molecule has 0 aliphatic heterocycles. The Kier molecular flexibility index (Phi) is 1.76. The van der Waals surface area contributed by atoms with E-state index >= 15 is 0 Å². The lowest BCUT2D eigenvalue weighted by atomic mass is 9.60. The molecule has 0 bridgehead atoms. The lowest BCUT2D eigenvalue weighted by Gasteiger charge is -2.40. The van der Waals surface area contributed by atoms with Crippen molar-refractivity contribution in [2.45, 2.75) is 32.1 Å². The summed E-state index contributed by atoms with van der Waals surface area (Å²) >= 11 is 0. The minimum Gasteiger partial charge on any atom is -0.293 e. The number of fused-ring (bicyclic) bond motifs is 1. The molecule has 13 heavy (non-hydrogen) atoms. The number of hydrogen-bond acceptors (Lipinski definition) is 1. The summed E-state index contributed by atoms with van der Waals surface area (Å²) in [7, 11) is 0. The van der Waals surface area contributed by atoms with Crippen molar-refractivity contribution < 1.29 is 4.79 Å². The maximum absolute atomic E-state index is 11.8. The SMILES string of the molecule is CCC1(CC)C(=O)c2ccccc21. The molecule has 2 rings (SSSR count). The summed E-state index contributed by atoms with van der Waals surface area (Å²) in [5.41, 5.74) is 2.05. The zero-order valence-corrected chi connectivity index (χ0v) is 8.13. The highest BCUT2D eigenvalue weighted by Crippen LogP contribution is 2.45. The summed E-state index contributed by atoms with van der Waals surface area (Å²) in [6.07, 6.45) is 1.86. The van der Waals surface area contributed by atoms with E-state index in [0.29, 0.717) is 5.78 Å². The molecule has 0 amide bonds. The molecule has 0 atom stereocenters. The highest BCUT2D eigenvalue weighted by molar-refractivity contribution is 6.13. The van der Waals surface area contributed by atoms with Gasteiger partial charge in [-0.3, -0.25) is 4.79 Å². The predicted octanol–water partition coefficient (Wildman–Crippen LogP) is 2.94. The Morgan fingerprint density at radius 2 is 1.77 bits per heavy atom. The van der Waals surface area contributed by atoms with E-state index in [1.807, 2.05) is 18.2 Å². The van der Waals surface area contributed by atoms with E-state index in [0.717, 1.165) is 18.4 Å². The second-order valence-corrected chi connectivity index (χ2v) is 3.66. The molecule has 0 unspecified atom stereocenters. The fraction of sp³-hybridized carbons (Fsp3) is 0.417. The van der Waals surface area contributed by atoms with E-state index in [4.69, 9.17) is 0 Å². The van der Waals surface area contributed by atoms with Crippen molar-refractivity contribution in [3.8, 4) is 0 Å². The van der Waals surface area contributed by atoms with E-state index in [1.54, 1.807) is 0 Å². The molecule has 0 heterocycles. The van der Waals surface area contributed by atoms with Gasteiger partial charge in [0.15, 0.2) is 5.78 Å². The lowest BCUT2D eigenvalue weighted by Crippen LogP contribution is -2.45. The van der Waals surface area contributed by atoms with E-state index in [9.17, 15) is 4.79 Å². The molecule has 0 fully saturated rings. The maximum Gasteiger partial charge on any atom is 0.173 e. The van der Waals surface area contributed by atoms with Crippen molar-refractivity contribution in [2.75, 3.05) is 0 Å². The number of carbonyl (C=O) groups is 1. The smallest absolute Gasteiger partial charge is 0.173 e. The summed E-state index contributed by atoms with van der Waals surface area (Å²) < 4.78 is 0. The predicted molar refractivity (Wildman–Crippen MR) is 53.0 cm³/mol. The van der Waals surface area contributed by atoms with E-state index in [2.05, 4.69) is 19.9 Å². The summed E-state index contributed by atoms with van der Waals surface area (Å²) in [5.74, 6) is 0.341. The van der Waals surface area contributed by atoms with Crippen LogP contribution in [-0.2, 0) is 5.41 Å². The molecule has 1 aromatic rings. The third kappa shape index (κ3) is 0.846. The Hall–Kier alpha value is -1.11. The van der Waals surface area contributed by atoms with Gasteiger partial charge in [0.2, 0.25) is 0 Å². The molecule has 68 valence electrons. The highest BCUT2D eigenvalue weighted by Gasteiger charge is 2.47. The van der Waals surface area contributed by atoms with Gasteiger partial charge in [0, 0.05) is 5.56 Å². The number of rotatable bonds is 2. The Labute approximate surface area is 78.8 Å². The molecule has 1 aliphatic carbocycles. The minimum atomic E-state index is -0.142. The van der Waals surface area contributed by atoms with Gasteiger partial charge in [0.1, 0.15) is 0 Å². The van der Waals surface area contributed by atoms with Crippen LogP contribution in [-0.4, -0.2) is 5.78 Å². The van der Waals surface area contributed by atoms with Crippen LogP contribution in [0.2, 0.25) is 0 Å². The summed E-state index contributed by atoms with van der Waals surface area (Å²) in [6, 6.07) is 7.97. The first kappa shape index (κ1) is 8.49. The normalized spacial score (nSPS) is 17.8. The van der Waals surface area contributed by atoms with Crippen LogP contribution in [0.3, 0.4) is 0 Å². The van der Waals surface area contributed by atoms with Crippen molar-refractivity contribution in [1.82, 2.24) is 0 Å². The average molecular weight is 174 g/mol. The Balaban J connectivity index is 2.55. The summed E-state index contributed by atoms with van der Waals surface area (Å²) in [6.45, 7) is 4.19. The zero-order chi connectivity index (χ0) is 9.47. The van der Waals surface area contributed by atoms with Gasteiger partial charge < -0.3 is 0 Å². The van der Waals surface area contributed by atoms with Gasteiger partial charge in [0.25, 0.3) is 0 Å². The van der Waals surface area contributed by atoms with Crippen LogP contribution in [0.5, 0.6) is 0 Å². The van der Waals surface area contributed by atoms with Gasteiger partial charge in [-0.05, 0) is 18.4 Å². The first-order valence-corrected chi connectivity index (χ1v) is 4.90. The highest BCUT2D eigenvalue weighted by atomic mass is 16.1. The quantitative estimate of drug-likeness (QED) is 0.673. The van der Waals surface area contributed by atoms with Crippen molar-refractivity contribution in [2.24, 2.45) is 0 Å². The van der Waals surface area contributed by atoms with Crippen molar-refractivity contribution in [1.29, 1.82) is 0 Å². The maximum atomic E-state index is 11.8. The van der Waals surface area contributed by atoms with Gasteiger partial charge in [-0.1, -0.05) is 38.1 Å². The first-order chi connectivity index (χ1) is 6.26. The Bertz CT molecular complexity index is 348. The van der Waals surface area contributed by atoms with Crippen LogP contribution in [0.4, 0.5) is 0 Å². The standard InChI is InChI=1S/C12H14O/c1-3-12(4-2)10-8-6-5-7-9(10)11(12)13/h5-8H,3-4H2,1-2H3. The molecule has 1 aliphatic rings. The first-order valence-electron chi connectivity index (χ1n) is 4.90. The Morgan fingerprint density at radius 3 is 2.38 bits per heavy atom.